The zero-order valence-electron chi connectivity index (χ0n) is 4.94. The van der Waals surface area contributed by atoms with E-state index in [0.29, 0.717) is 0 Å². The topological polar surface area (TPSA) is 53.0 Å². The molecular formula is C5H5ClNO2S-. The molecule has 0 spiro atoms. The third-order valence-electron chi connectivity index (χ3n) is 0.566. The molecule has 1 heterocycles. The lowest BCUT2D eigenvalue weighted by molar-refractivity contribution is 0.552. The van der Waals surface area contributed by atoms with Crippen molar-refractivity contribution in [3.63, 3.8) is 0 Å². The maximum atomic E-state index is 8.77. The number of halogens is 1. The normalized spacial score (nSPS) is 11.0. The van der Waals surface area contributed by atoms with Crippen LogP contribution in [-0.2, 0) is 10.3 Å². The van der Waals surface area contributed by atoms with Gasteiger partial charge in [0.15, 0.2) is 0 Å². The number of rotatable bonds is 0. The number of pyridine rings is 1. The summed E-state index contributed by atoms with van der Waals surface area (Å²) in [4.78, 5) is 3.78. The van der Waals surface area contributed by atoms with E-state index in [2.05, 4.69) is 15.7 Å². The zero-order valence-corrected chi connectivity index (χ0v) is 6.51. The van der Waals surface area contributed by atoms with Crippen molar-refractivity contribution in [1.29, 1.82) is 0 Å². The van der Waals surface area contributed by atoms with Crippen LogP contribution in [0.3, 0.4) is 0 Å². The van der Waals surface area contributed by atoms with Gasteiger partial charge in [0, 0.05) is 22.7 Å². The van der Waals surface area contributed by atoms with Crippen molar-refractivity contribution in [3.8, 4) is 0 Å². The second kappa shape index (κ2) is 6.67. The fraction of sp³-hybridized carbons (Fsp3) is 0. The zero-order chi connectivity index (χ0) is 7.82. The van der Waals surface area contributed by atoms with Crippen LogP contribution in [0.15, 0.2) is 30.6 Å². The fourth-order valence-electron chi connectivity index (χ4n) is 0.313. The standard InChI is InChI=1S/C5H5N.ClHO2S/c1-2-4-6-5-3-1;1-4(2)3/h1-5H;(H,2,3)/p-1. The van der Waals surface area contributed by atoms with Crippen molar-refractivity contribution in [3.05, 3.63) is 30.6 Å². The molecule has 1 unspecified atom stereocenters. The quantitative estimate of drug-likeness (QED) is 0.442. The molecule has 1 aromatic rings. The van der Waals surface area contributed by atoms with Crippen LogP contribution in [0.5, 0.6) is 0 Å². The van der Waals surface area contributed by atoms with Crippen LogP contribution in [0.25, 0.3) is 0 Å². The third kappa shape index (κ3) is 10.5. The van der Waals surface area contributed by atoms with E-state index < -0.39 is 10.3 Å². The molecule has 0 radical (unpaired) electrons. The molecule has 0 aliphatic heterocycles. The summed E-state index contributed by atoms with van der Waals surface area (Å²) in [5.74, 6) is 0. The van der Waals surface area contributed by atoms with Crippen LogP contribution in [0.4, 0.5) is 0 Å². The van der Waals surface area contributed by atoms with Gasteiger partial charge in [0.05, 0.1) is 0 Å². The Hall–Kier alpha value is -0.450. The first-order valence-corrected chi connectivity index (χ1v) is 4.24. The molecule has 5 heteroatoms. The molecule has 1 atom stereocenters. The average Bonchev–Trinajstić information content (AvgIpc) is 1.90. The van der Waals surface area contributed by atoms with E-state index in [4.69, 9.17) is 8.76 Å². The highest BCUT2D eigenvalue weighted by Crippen LogP contribution is 1.73. The van der Waals surface area contributed by atoms with Crippen LogP contribution in [0.1, 0.15) is 0 Å². The van der Waals surface area contributed by atoms with E-state index >= 15 is 0 Å². The van der Waals surface area contributed by atoms with Crippen molar-refractivity contribution in [2.24, 2.45) is 0 Å². The number of hydrogen-bond acceptors (Lipinski definition) is 3. The Balaban J connectivity index is 0.000000180. The highest BCUT2D eigenvalue weighted by Gasteiger charge is 1.58. The molecule has 0 fully saturated rings. The Morgan fingerprint density at radius 1 is 1.30 bits per heavy atom. The summed E-state index contributed by atoms with van der Waals surface area (Å²) in [7, 11) is 1.80. The third-order valence-corrected chi connectivity index (χ3v) is 0.566. The molecule has 0 bridgehead atoms. The predicted octanol–water partition coefficient (Wildman–Crippen LogP) is 1.10. The second-order valence-electron chi connectivity index (χ2n) is 1.22. The van der Waals surface area contributed by atoms with E-state index in [1.54, 1.807) is 12.4 Å². The van der Waals surface area contributed by atoms with Gasteiger partial charge in [0.25, 0.3) is 0 Å². The lowest BCUT2D eigenvalue weighted by atomic mass is 10.5. The maximum absolute atomic E-state index is 8.77. The van der Waals surface area contributed by atoms with Gasteiger partial charge < -0.3 is 4.55 Å². The molecule has 0 aromatic carbocycles. The van der Waals surface area contributed by atoms with E-state index in [0.717, 1.165) is 0 Å². The average molecular weight is 179 g/mol. The summed E-state index contributed by atoms with van der Waals surface area (Å²) in [5.41, 5.74) is 0. The Kier molecular flexibility index (Phi) is 6.37. The predicted molar refractivity (Wildman–Crippen MR) is 39.0 cm³/mol. The van der Waals surface area contributed by atoms with Crippen molar-refractivity contribution in [2.45, 2.75) is 0 Å². The summed E-state index contributed by atoms with van der Waals surface area (Å²) in [6, 6.07) is 5.72. The van der Waals surface area contributed by atoms with Crippen LogP contribution >= 0.6 is 10.7 Å². The Morgan fingerprint density at radius 2 is 1.70 bits per heavy atom. The van der Waals surface area contributed by atoms with Gasteiger partial charge >= 0.3 is 0 Å². The van der Waals surface area contributed by atoms with E-state index in [-0.39, 0.29) is 0 Å². The van der Waals surface area contributed by atoms with Crippen LogP contribution in [-0.4, -0.2) is 13.7 Å². The SMILES string of the molecule is O=S([O-])Cl.c1ccncc1. The van der Waals surface area contributed by atoms with E-state index in [1.807, 2.05) is 18.2 Å². The smallest absolute Gasteiger partial charge is 0.0422 e. The van der Waals surface area contributed by atoms with E-state index in [9.17, 15) is 0 Å². The lowest BCUT2D eigenvalue weighted by Crippen LogP contribution is -1.61. The van der Waals surface area contributed by atoms with Gasteiger partial charge in [-0.2, -0.15) is 0 Å². The maximum Gasteiger partial charge on any atom is 0.0422 e. The number of nitrogens with zero attached hydrogens (tertiary/aromatic N) is 1. The molecule has 56 valence electrons. The van der Waals surface area contributed by atoms with Crippen molar-refractivity contribution in [1.82, 2.24) is 4.98 Å². The van der Waals surface area contributed by atoms with Crippen molar-refractivity contribution in [2.75, 3.05) is 0 Å². The Morgan fingerprint density at radius 3 is 1.80 bits per heavy atom. The molecule has 0 saturated heterocycles. The molecular weight excluding hydrogens is 174 g/mol. The first kappa shape index (κ1) is 9.55. The minimum absolute atomic E-state index is 1.75. The summed E-state index contributed by atoms with van der Waals surface area (Å²) >= 11 is 0. The van der Waals surface area contributed by atoms with Gasteiger partial charge in [0.2, 0.25) is 0 Å². The summed E-state index contributed by atoms with van der Waals surface area (Å²) in [6.45, 7) is 0. The lowest BCUT2D eigenvalue weighted by Gasteiger charge is -1.80. The molecule has 0 saturated carbocycles. The van der Waals surface area contributed by atoms with Crippen LogP contribution < -0.4 is 0 Å². The Bertz CT molecular complexity index is 152. The molecule has 0 aliphatic rings. The minimum Gasteiger partial charge on any atom is -0.760 e. The molecule has 1 aromatic heterocycles. The number of hydrogen-bond donors (Lipinski definition) is 0. The molecule has 0 amide bonds. The molecule has 1 rings (SSSR count). The van der Waals surface area contributed by atoms with Gasteiger partial charge in [-0.15, -0.1) is 0 Å². The van der Waals surface area contributed by atoms with Crippen LogP contribution in [0, 0.1) is 0 Å². The van der Waals surface area contributed by atoms with Crippen molar-refractivity contribution >= 4 is 21.0 Å². The van der Waals surface area contributed by atoms with Gasteiger partial charge in [-0.3, -0.25) is 9.19 Å². The number of aromatic nitrogens is 1. The second-order valence-corrected chi connectivity index (χ2v) is 2.36. The first-order chi connectivity index (χ1) is 4.73. The fourth-order valence-corrected chi connectivity index (χ4v) is 0.313. The first-order valence-electron chi connectivity index (χ1n) is 2.34. The molecule has 0 N–H and O–H groups in total. The van der Waals surface area contributed by atoms with Gasteiger partial charge in [-0.1, -0.05) is 6.07 Å². The summed E-state index contributed by atoms with van der Waals surface area (Å²) in [6.07, 6.45) is 3.50. The molecule has 3 nitrogen and oxygen atoms in total. The summed E-state index contributed by atoms with van der Waals surface area (Å²) < 4.78 is 17.5. The summed E-state index contributed by atoms with van der Waals surface area (Å²) in [5, 5.41) is 0. The highest BCUT2D eigenvalue weighted by molar-refractivity contribution is 8.03. The van der Waals surface area contributed by atoms with Crippen LogP contribution in [0.2, 0.25) is 0 Å². The van der Waals surface area contributed by atoms with E-state index in [1.165, 1.54) is 0 Å². The monoisotopic (exact) mass is 178 g/mol. The van der Waals surface area contributed by atoms with Crippen molar-refractivity contribution < 1.29 is 8.76 Å². The molecule has 10 heavy (non-hydrogen) atoms. The largest absolute Gasteiger partial charge is 0.760 e. The van der Waals surface area contributed by atoms with Gasteiger partial charge in [0.1, 0.15) is 0 Å². The minimum atomic E-state index is -2.39. The highest BCUT2D eigenvalue weighted by atomic mass is 35.7. The molecule has 0 aliphatic carbocycles. The van der Waals surface area contributed by atoms with Gasteiger partial charge in [-0.25, -0.2) is 0 Å². The van der Waals surface area contributed by atoms with Gasteiger partial charge in [-0.05, 0) is 22.8 Å². The Labute approximate surface area is 65.8 Å².